The van der Waals surface area contributed by atoms with Gasteiger partial charge in [-0.15, -0.1) is 10.2 Å². The molecule has 25 heavy (non-hydrogen) atoms. The van der Waals surface area contributed by atoms with Gasteiger partial charge in [-0.2, -0.15) is 0 Å². The van der Waals surface area contributed by atoms with Crippen LogP contribution in [0.15, 0.2) is 69.1 Å². The van der Waals surface area contributed by atoms with Crippen molar-refractivity contribution in [2.45, 2.75) is 24.4 Å². The third kappa shape index (κ3) is 3.51. The van der Waals surface area contributed by atoms with Gasteiger partial charge in [-0.1, -0.05) is 42.1 Å². The van der Waals surface area contributed by atoms with Gasteiger partial charge < -0.3 is 13.4 Å². The van der Waals surface area contributed by atoms with Crippen LogP contribution in [0.1, 0.15) is 17.1 Å². The summed E-state index contributed by atoms with van der Waals surface area (Å²) >= 11 is 1.47. The SMILES string of the molecule is Cc1occc1-c1nnc(SCc2nccn2Cc2ccccc2)o1. The van der Waals surface area contributed by atoms with E-state index in [-0.39, 0.29) is 0 Å². The van der Waals surface area contributed by atoms with Crippen LogP contribution in [0, 0.1) is 6.92 Å². The van der Waals surface area contributed by atoms with Gasteiger partial charge in [0.25, 0.3) is 11.1 Å². The topological polar surface area (TPSA) is 69.9 Å². The van der Waals surface area contributed by atoms with Crippen molar-refractivity contribution >= 4 is 11.8 Å². The van der Waals surface area contributed by atoms with Gasteiger partial charge >= 0.3 is 0 Å². The Morgan fingerprint density at radius 3 is 2.80 bits per heavy atom. The first-order valence-electron chi connectivity index (χ1n) is 7.84. The van der Waals surface area contributed by atoms with E-state index in [2.05, 4.69) is 31.9 Å². The molecule has 4 rings (SSSR count). The molecule has 0 fully saturated rings. The standard InChI is InChI=1S/C18H16N4O2S/c1-13-15(7-10-23-13)17-20-21-18(24-17)25-12-16-19-8-9-22(16)11-14-5-3-2-4-6-14/h2-10H,11-12H2,1H3. The molecule has 0 radical (unpaired) electrons. The maximum absolute atomic E-state index is 5.71. The van der Waals surface area contributed by atoms with Crippen LogP contribution < -0.4 is 0 Å². The van der Waals surface area contributed by atoms with E-state index in [1.165, 1.54) is 17.3 Å². The minimum absolute atomic E-state index is 0.473. The molecule has 0 saturated heterocycles. The smallest absolute Gasteiger partial charge is 0.277 e. The summed E-state index contributed by atoms with van der Waals surface area (Å²) in [5.41, 5.74) is 2.06. The minimum Gasteiger partial charge on any atom is -0.469 e. The predicted octanol–water partition coefficient (Wildman–Crippen LogP) is 4.18. The fourth-order valence-electron chi connectivity index (χ4n) is 2.51. The van der Waals surface area contributed by atoms with Crippen LogP contribution in [0.2, 0.25) is 0 Å². The molecule has 0 aliphatic rings. The third-order valence-electron chi connectivity index (χ3n) is 3.82. The van der Waals surface area contributed by atoms with Crippen LogP contribution in [0.3, 0.4) is 0 Å². The van der Waals surface area contributed by atoms with E-state index in [9.17, 15) is 0 Å². The molecule has 3 heterocycles. The Morgan fingerprint density at radius 1 is 1.12 bits per heavy atom. The number of nitrogens with zero attached hydrogens (tertiary/aromatic N) is 4. The number of hydrogen-bond donors (Lipinski definition) is 0. The number of aromatic nitrogens is 4. The summed E-state index contributed by atoms with van der Waals surface area (Å²) in [6.45, 7) is 2.66. The quantitative estimate of drug-likeness (QED) is 0.485. The molecule has 3 aromatic heterocycles. The van der Waals surface area contributed by atoms with E-state index in [0.29, 0.717) is 16.9 Å². The molecule has 0 bridgehead atoms. The molecule has 0 aliphatic carbocycles. The summed E-state index contributed by atoms with van der Waals surface area (Å²) < 4.78 is 13.1. The predicted molar refractivity (Wildman–Crippen MR) is 94.1 cm³/mol. The van der Waals surface area contributed by atoms with Gasteiger partial charge in [0.05, 0.1) is 17.6 Å². The fourth-order valence-corrected chi connectivity index (χ4v) is 3.24. The molecule has 0 saturated carbocycles. The molecule has 0 spiro atoms. The van der Waals surface area contributed by atoms with Crippen molar-refractivity contribution in [3.63, 3.8) is 0 Å². The fraction of sp³-hybridized carbons (Fsp3) is 0.167. The van der Waals surface area contributed by atoms with Gasteiger partial charge in [0, 0.05) is 18.9 Å². The van der Waals surface area contributed by atoms with E-state index in [1.807, 2.05) is 43.6 Å². The second-order valence-electron chi connectivity index (χ2n) is 5.51. The molecule has 0 aliphatic heterocycles. The molecule has 4 aromatic rings. The third-order valence-corrected chi connectivity index (χ3v) is 4.63. The molecule has 0 N–H and O–H groups in total. The maximum Gasteiger partial charge on any atom is 0.277 e. The summed E-state index contributed by atoms with van der Waals surface area (Å²) in [5.74, 6) is 2.86. The molecule has 7 heteroatoms. The average molecular weight is 352 g/mol. The summed E-state index contributed by atoms with van der Waals surface area (Å²) in [6, 6.07) is 12.1. The Balaban J connectivity index is 1.43. The Labute approximate surface area is 148 Å². The lowest BCUT2D eigenvalue weighted by Crippen LogP contribution is -2.03. The highest BCUT2D eigenvalue weighted by molar-refractivity contribution is 7.98. The van der Waals surface area contributed by atoms with Crippen LogP contribution in [-0.4, -0.2) is 19.7 Å². The molecular formula is C18H16N4O2S. The van der Waals surface area contributed by atoms with Gasteiger partial charge in [-0.25, -0.2) is 4.98 Å². The normalized spacial score (nSPS) is 11.1. The first-order valence-corrected chi connectivity index (χ1v) is 8.83. The second-order valence-corrected chi connectivity index (χ2v) is 6.44. The van der Waals surface area contributed by atoms with Crippen molar-refractivity contribution in [2.24, 2.45) is 0 Å². The lowest BCUT2D eigenvalue weighted by molar-refractivity contribution is 0.463. The van der Waals surface area contributed by atoms with Crippen molar-refractivity contribution in [1.29, 1.82) is 0 Å². The van der Waals surface area contributed by atoms with Crippen molar-refractivity contribution in [3.05, 3.63) is 72.2 Å². The zero-order valence-electron chi connectivity index (χ0n) is 13.6. The molecule has 6 nitrogen and oxygen atoms in total. The lowest BCUT2D eigenvalue weighted by Gasteiger charge is -2.06. The van der Waals surface area contributed by atoms with E-state index in [0.717, 1.165) is 23.7 Å². The van der Waals surface area contributed by atoms with Gasteiger partial charge in [-0.3, -0.25) is 0 Å². The average Bonchev–Trinajstić information content (AvgIpc) is 3.35. The molecule has 0 atom stereocenters. The highest BCUT2D eigenvalue weighted by Crippen LogP contribution is 2.27. The van der Waals surface area contributed by atoms with Gasteiger partial charge in [-0.05, 0) is 18.6 Å². The van der Waals surface area contributed by atoms with Crippen molar-refractivity contribution in [2.75, 3.05) is 0 Å². The summed E-state index contributed by atoms with van der Waals surface area (Å²) in [5, 5.41) is 8.70. The Bertz CT molecular complexity index is 958. The van der Waals surface area contributed by atoms with Crippen LogP contribution in [-0.2, 0) is 12.3 Å². The number of furan rings is 1. The van der Waals surface area contributed by atoms with E-state index < -0.39 is 0 Å². The second kappa shape index (κ2) is 6.98. The zero-order valence-corrected chi connectivity index (χ0v) is 14.4. The largest absolute Gasteiger partial charge is 0.469 e. The molecule has 0 unspecified atom stereocenters. The van der Waals surface area contributed by atoms with Crippen LogP contribution in [0.4, 0.5) is 0 Å². The highest BCUT2D eigenvalue weighted by Gasteiger charge is 2.14. The van der Waals surface area contributed by atoms with Gasteiger partial charge in [0.2, 0.25) is 0 Å². The van der Waals surface area contributed by atoms with Crippen LogP contribution >= 0.6 is 11.8 Å². The van der Waals surface area contributed by atoms with E-state index >= 15 is 0 Å². The monoisotopic (exact) mass is 352 g/mol. The first kappa shape index (κ1) is 15.7. The van der Waals surface area contributed by atoms with Gasteiger partial charge in [0.1, 0.15) is 11.6 Å². The molecule has 126 valence electrons. The van der Waals surface area contributed by atoms with E-state index in [4.69, 9.17) is 8.83 Å². The van der Waals surface area contributed by atoms with E-state index in [1.54, 1.807) is 6.26 Å². The number of aryl methyl sites for hydroxylation is 1. The highest BCUT2D eigenvalue weighted by atomic mass is 32.2. The molecular weight excluding hydrogens is 336 g/mol. The minimum atomic E-state index is 0.473. The summed E-state index contributed by atoms with van der Waals surface area (Å²) in [6.07, 6.45) is 5.41. The van der Waals surface area contributed by atoms with Crippen molar-refractivity contribution in [1.82, 2.24) is 19.7 Å². The van der Waals surface area contributed by atoms with Gasteiger partial charge in [0.15, 0.2) is 0 Å². The zero-order chi connectivity index (χ0) is 17.1. The Hall–Kier alpha value is -2.80. The molecule has 1 aromatic carbocycles. The first-order chi connectivity index (χ1) is 12.3. The van der Waals surface area contributed by atoms with Crippen molar-refractivity contribution in [3.8, 4) is 11.5 Å². The maximum atomic E-state index is 5.71. The van der Waals surface area contributed by atoms with Crippen LogP contribution in [0.5, 0.6) is 0 Å². The number of benzene rings is 1. The van der Waals surface area contributed by atoms with Crippen LogP contribution in [0.25, 0.3) is 11.5 Å². The number of rotatable bonds is 6. The molecule has 0 amide bonds. The summed E-state index contributed by atoms with van der Waals surface area (Å²) in [7, 11) is 0. The number of thioether (sulfide) groups is 1. The lowest BCUT2D eigenvalue weighted by atomic mass is 10.2. The Morgan fingerprint density at radius 2 is 2.00 bits per heavy atom. The van der Waals surface area contributed by atoms with Crippen molar-refractivity contribution < 1.29 is 8.83 Å². The number of imidazole rings is 1. The summed E-state index contributed by atoms with van der Waals surface area (Å²) in [4.78, 5) is 4.44. The number of hydrogen-bond acceptors (Lipinski definition) is 6. The Kier molecular flexibility index (Phi) is 4.39.